The molecule has 0 amide bonds. The molecule has 4 rings (SSSR count). The molecule has 0 bridgehead atoms. The molecule has 0 radical (unpaired) electrons. The average molecular weight is 458 g/mol. The fourth-order valence-corrected chi connectivity index (χ4v) is 5.37. The topological polar surface area (TPSA) is 90.7 Å². The van der Waals surface area contributed by atoms with Crippen molar-refractivity contribution in [2.75, 3.05) is 20.2 Å². The van der Waals surface area contributed by atoms with Crippen LogP contribution >= 0.6 is 0 Å². The Morgan fingerprint density at radius 2 is 1.81 bits per heavy atom. The van der Waals surface area contributed by atoms with Gasteiger partial charge >= 0.3 is 5.97 Å². The van der Waals surface area contributed by atoms with Crippen LogP contribution in [0, 0.1) is 12.8 Å². The van der Waals surface area contributed by atoms with Gasteiger partial charge in [-0.05, 0) is 54.3 Å². The minimum Gasteiger partial charge on any atom is -0.497 e. The van der Waals surface area contributed by atoms with Gasteiger partial charge in [0, 0.05) is 26.3 Å². The summed E-state index contributed by atoms with van der Waals surface area (Å²) in [5, 5.41) is 2.14. The van der Waals surface area contributed by atoms with Gasteiger partial charge in [-0.2, -0.15) is 4.31 Å². The van der Waals surface area contributed by atoms with Crippen molar-refractivity contribution in [2.45, 2.75) is 31.4 Å². The second-order valence-corrected chi connectivity index (χ2v) is 9.96. The van der Waals surface area contributed by atoms with Crippen molar-refractivity contribution in [3.63, 3.8) is 0 Å². The van der Waals surface area contributed by atoms with Crippen LogP contribution in [-0.4, -0.2) is 48.4 Å². The summed E-state index contributed by atoms with van der Waals surface area (Å²) in [5.74, 6) is 0.834. The Hall–Kier alpha value is -2.91. The third-order valence-electron chi connectivity index (χ3n) is 5.97. The number of ether oxygens (including phenoxy) is 2. The zero-order chi connectivity index (χ0) is 22.9. The number of imidazole rings is 1. The number of benzene rings is 2. The van der Waals surface area contributed by atoms with Crippen LogP contribution in [0.4, 0.5) is 0 Å². The smallest absolute Gasteiger partial charge is 0.309 e. The minimum absolute atomic E-state index is 0.0486. The first-order valence-electron chi connectivity index (χ1n) is 10.5. The number of carbonyl (C=O) groups excluding carboxylic acids is 1. The van der Waals surface area contributed by atoms with Crippen molar-refractivity contribution in [1.82, 2.24) is 13.9 Å². The van der Waals surface area contributed by atoms with Crippen LogP contribution in [0.2, 0.25) is 0 Å². The fraction of sp³-hybridized carbons (Fsp3) is 0.391. The summed E-state index contributed by atoms with van der Waals surface area (Å²) in [6.45, 7) is 2.49. The second kappa shape index (κ2) is 8.91. The van der Waals surface area contributed by atoms with Crippen LogP contribution < -0.4 is 4.74 Å². The van der Waals surface area contributed by atoms with Crippen LogP contribution in [0.1, 0.15) is 24.2 Å². The molecule has 3 aromatic rings. The summed E-state index contributed by atoms with van der Waals surface area (Å²) < 4.78 is 39.5. The van der Waals surface area contributed by atoms with E-state index in [9.17, 15) is 13.2 Å². The summed E-state index contributed by atoms with van der Waals surface area (Å²) >= 11 is 0. The van der Waals surface area contributed by atoms with E-state index < -0.39 is 10.0 Å². The summed E-state index contributed by atoms with van der Waals surface area (Å²) in [6, 6.07) is 11.7. The maximum absolute atomic E-state index is 12.8. The van der Waals surface area contributed by atoms with Gasteiger partial charge in [0.2, 0.25) is 0 Å². The van der Waals surface area contributed by atoms with E-state index in [4.69, 9.17) is 9.47 Å². The lowest BCUT2D eigenvalue weighted by Gasteiger charge is -2.29. The van der Waals surface area contributed by atoms with Gasteiger partial charge in [0.1, 0.15) is 18.2 Å². The number of nitrogens with zero attached hydrogens (tertiary/aromatic N) is 3. The first-order valence-corrected chi connectivity index (χ1v) is 12.0. The SMILES string of the molecule is COc1ccc2cc(COC(=O)C3CCN(S(=O)(=O)c4cn(C)c(C)n4)CC3)ccc2c1. The standard InChI is InChI=1S/C23H27N3O5S/c1-16-24-22(14-25(16)2)32(28,29)26-10-8-18(9-11-26)23(27)31-15-17-4-5-20-13-21(30-3)7-6-19(20)12-17/h4-7,12-14,18H,8-11,15H2,1-3H3. The molecule has 32 heavy (non-hydrogen) atoms. The molecule has 0 spiro atoms. The number of aromatic nitrogens is 2. The van der Waals surface area contributed by atoms with Crippen LogP contribution in [-0.2, 0) is 33.2 Å². The Balaban J connectivity index is 1.33. The van der Waals surface area contributed by atoms with Gasteiger partial charge in [-0.25, -0.2) is 13.4 Å². The number of aryl methyl sites for hydroxylation is 2. The molecular formula is C23H27N3O5S. The second-order valence-electron chi connectivity index (χ2n) is 8.07. The Kier molecular flexibility index (Phi) is 6.21. The molecule has 1 aromatic heterocycles. The normalized spacial score (nSPS) is 15.7. The highest BCUT2D eigenvalue weighted by atomic mass is 32.2. The zero-order valence-electron chi connectivity index (χ0n) is 18.4. The lowest BCUT2D eigenvalue weighted by Crippen LogP contribution is -2.40. The van der Waals surface area contributed by atoms with E-state index in [0.29, 0.717) is 18.7 Å². The van der Waals surface area contributed by atoms with E-state index in [1.165, 1.54) is 10.5 Å². The molecule has 1 aliphatic heterocycles. The van der Waals surface area contributed by atoms with Gasteiger partial charge in [0.25, 0.3) is 10.0 Å². The van der Waals surface area contributed by atoms with Gasteiger partial charge in [0.15, 0.2) is 5.03 Å². The molecule has 0 saturated carbocycles. The predicted molar refractivity (Wildman–Crippen MR) is 120 cm³/mol. The minimum atomic E-state index is -3.65. The average Bonchev–Trinajstić information content (AvgIpc) is 3.16. The van der Waals surface area contributed by atoms with Crippen molar-refractivity contribution in [1.29, 1.82) is 0 Å². The molecule has 0 aliphatic carbocycles. The van der Waals surface area contributed by atoms with E-state index in [1.54, 1.807) is 25.6 Å². The highest BCUT2D eigenvalue weighted by Crippen LogP contribution is 2.26. The highest BCUT2D eigenvalue weighted by Gasteiger charge is 2.34. The largest absolute Gasteiger partial charge is 0.497 e. The molecule has 8 nitrogen and oxygen atoms in total. The zero-order valence-corrected chi connectivity index (χ0v) is 19.3. The van der Waals surface area contributed by atoms with E-state index >= 15 is 0 Å². The Bertz CT molecular complexity index is 1220. The third-order valence-corrected chi connectivity index (χ3v) is 7.74. The number of piperidine rings is 1. The molecular weight excluding hydrogens is 430 g/mol. The lowest BCUT2D eigenvalue weighted by atomic mass is 9.98. The van der Waals surface area contributed by atoms with Crippen molar-refractivity contribution in [2.24, 2.45) is 13.0 Å². The number of sulfonamides is 1. The number of rotatable bonds is 6. The van der Waals surface area contributed by atoms with Gasteiger partial charge in [-0.1, -0.05) is 18.2 Å². The molecule has 170 valence electrons. The molecule has 1 saturated heterocycles. The van der Waals surface area contributed by atoms with Crippen LogP contribution in [0.15, 0.2) is 47.6 Å². The van der Waals surface area contributed by atoms with Crippen molar-refractivity contribution >= 4 is 26.8 Å². The fourth-order valence-electron chi connectivity index (χ4n) is 3.88. The van der Waals surface area contributed by atoms with Gasteiger partial charge in [-0.3, -0.25) is 4.79 Å². The van der Waals surface area contributed by atoms with Gasteiger partial charge in [0.05, 0.1) is 13.0 Å². The number of carbonyl (C=O) groups is 1. The predicted octanol–water partition coefficient (Wildman–Crippen LogP) is 3.03. The highest BCUT2D eigenvalue weighted by molar-refractivity contribution is 7.89. The molecule has 0 unspecified atom stereocenters. The van der Waals surface area contributed by atoms with Gasteiger partial charge in [-0.15, -0.1) is 0 Å². The lowest BCUT2D eigenvalue weighted by molar-refractivity contribution is -0.151. The van der Waals surface area contributed by atoms with Crippen LogP contribution in [0.25, 0.3) is 10.8 Å². The number of hydrogen-bond donors (Lipinski definition) is 0. The van der Waals surface area contributed by atoms with E-state index in [2.05, 4.69) is 4.98 Å². The summed E-state index contributed by atoms with van der Waals surface area (Å²) in [7, 11) is -0.260. The molecule has 0 N–H and O–H groups in total. The number of fused-ring (bicyclic) bond motifs is 1. The van der Waals surface area contributed by atoms with E-state index in [-0.39, 0.29) is 36.6 Å². The number of esters is 1. The summed E-state index contributed by atoms with van der Waals surface area (Å²) in [5.41, 5.74) is 0.904. The maximum atomic E-state index is 12.8. The Morgan fingerprint density at radius 1 is 1.12 bits per heavy atom. The molecule has 2 heterocycles. The number of hydrogen-bond acceptors (Lipinski definition) is 6. The first kappa shape index (κ1) is 22.3. The van der Waals surface area contributed by atoms with E-state index in [1.807, 2.05) is 36.4 Å². The summed E-state index contributed by atoms with van der Waals surface area (Å²) in [6.07, 6.45) is 2.38. The van der Waals surface area contributed by atoms with Gasteiger partial charge < -0.3 is 14.0 Å². The maximum Gasteiger partial charge on any atom is 0.309 e. The van der Waals surface area contributed by atoms with E-state index in [0.717, 1.165) is 22.1 Å². The quantitative estimate of drug-likeness (QED) is 0.529. The van der Waals surface area contributed by atoms with Crippen molar-refractivity contribution in [3.05, 3.63) is 54.0 Å². The Labute approximate surface area is 187 Å². The molecule has 0 atom stereocenters. The summed E-state index contributed by atoms with van der Waals surface area (Å²) in [4.78, 5) is 16.7. The van der Waals surface area contributed by atoms with Crippen molar-refractivity contribution < 1.29 is 22.7 Å². The Morgan fingerprint density at radius 3 is 2.47 bits per heavy atom. The number of methoxy groups -OCH3 is 1. The van der Waals surface area contributed by atoms with Crippen LogP contribution in [0.3, 0.4) is 0 Å². The molecule has 1 fully saturated rings. The molecule has 2 aromatic carbocycles. The first-order chi connectivity index (χ1) is 15.3. The monoisotopic (exact) mass is 457 g/mol. The van der Waals surface area contributed by atoms with Crippen LogP contribution in [0.5, 0.6) is 5.75 Å². The third kappa shape index (κ3) is 4.49. The van der Waals surface area contributed by atoms with Crippen molar-refractivity contribution in [3.8, 4) is 5.75 Å². The molecule has 9 heteroatoms. The molecule has 1 aliphatic rings.